The van der Waals surface area contributed by atoms with Crippen LogP contribution in [0.1, 0.15) is 103 Å². The van der Waals surface area contributed by atoms with Crippen LogP contribution in [0.25, 0.3) is 0 Å². The van der Waals surface area contributed by atoms with Gasteiger partial charge in [0.25, 0.3) is 0 Å². The van der Waals surface area contributed by atoms with Crippen LogP contribution in [0.5, 0.6) is 11.5 Å². The number of rotatable bonds is 26. The Hall–Kier alpha value is -2.28. The topological polar surface area (TPSA) is 114 Å². The summed E-state index contributed by atoms with van der Waals surface area (Å²) in [5.41, 5.74) is 4.00. The molecule has 0 aliphatic heterocycles. The van der Waals surface area contributed by atoms with Crippen LogP contribution < -0.4 is 0 Å². The third-order valence-corrected chi connectivity index (χ3v) is 7.72. The van der Waals surface area contributed by atoms with E-state index in [0.717, 1.165) is 11.1 Å². The average molecular weight is 693 g/mol. The Morgan fingerprint density at radius 3 is 0.857 bits per heavy atom. The van der Waals surface area contributed by atoms with Gasteiger partial charge in [0.1, 0.15) is 11.5 Å². The van der Waals surface area contributed by atoms with Gasteiger partial charge in [-0.3, -0.25) is 0 Å². The lowest BCUT2D eigenvalue weighted by atomic mass is 9.76. The molecule has 10 nitrogen and oxygen atoms in total. The summed E-state index contributed by atoms with van der Waals surface area (Å²) in [5, 5.41) is 22.6. The van der Waals surface area contributed by atoms with Crippen molar-refractivity contribution >= 4 is 0 Å². The molecule has 0 saturated carbocycles. The molecule has 10 heteroatoms. The Morgan fingerprint density at radius 1 is 0.429 bits per heavy atom. The molecule has 2 rings (SSSR count). The Kier molecular flexibility index (Phi) is 19.7. The molecule has 0 bridgehead atoms. The van der Waals surface area contributed by atoms with Gasteiger partial charge in [-0.15, -0.1) is 0 Å². The van der Waals surface area contributed by atoms with E-state index < -0.39 is 5.41 Å². The minimum atomic E-state index is -0.558. The molecule has 2 N–H and O–H groups in total. The van der Waals surface area contributed by atoms with Crippen molar-refractivity contribution in [3.05, 3.63) is 57.6 Å². The van der Waals surface area contributed by atoms with Crippen LogP contribution in [-0.4, -0.2) is 87.5 Å². The molecule has 2 aromatic carbocycles. The van der Waals surface area contributed by atoms with Gasteiger partial charge >= 0.3 is 0 Å². The molecule has 0 aliphatic rings. The maximum Gasteiger partial charge on any atom is 0.126 e. The highest BCUT2D eigenvalue weighted by atomic mass is 16.5. The SMILES string of the molecule is CC(C)OCCOCc1cc(C(C)(C)c2cc(COCCOC(C)C)c(O)c(COCCOC(C)C)c2)cc(COCCOC(C)C)c1O. The fraction of sp³-hybridized carbons (Fsp3) is 0.692. The van der Waals surface area contributed by atoms with E-state index in [-0.39, 0.29) is 62.3 Å². The molecule has 0 saturated heterocycles. The Labute approximate surface area is 295 Å². The number of benzene rings is 2. The van der Waals surface area contributed by atoms with E-state index in [1.165, 1.54) is 0 Å². The number of phenols is 2. The fourth-order valence-corrected chi connectivity index (χ4v) is 4.95. The number of ether oxygens (including phenoxy) is 8. The highest BCUT2D eigenvalue weighted by Crippen LogP contribution is 2.39. The van der Waals surface area contributed by atoms with Crippen molar-refractivity contribution in [1.29, 1.82) is 0 Å². The number of phenolic OH excluding ortho intramolecular Hbond substituents is 2. The predicted molar refractivity (Wildman–Crippen MR) is 191 cm³/mol. The summed E-state index contributed by atoms with van der Waals surface area (Å²) in [5.74, 6) is 0.297. The van der Waals surface area contributed by atoms with Gasteiger partial charge in [0.15, 0.2) is 0 Å². The zero-order valence-electron chi connectivity index (χ0n) is 31.8. The third kappa shape index (κ3) is 16.1. The first-order chi connectivity index (χ1) is 23.2. The molecule has 0 heterocycles. The van der Waals surface area contributed by atoms with Crippen molar-refractivity contribution in [2.75, 3.05) is 52.9 Å². The van der Waals surface area contributed by atoms with Gasteiger partial charge in [-0.05, 0) is 90.8 Å². The van der Waals surface area contributed by atoms with Crippen molar-refractivity contribution in [3.8, 4) is 11.5 Å². The number of aromatic hydroxyl groups is 2. The average Bonchev–Trinajstić information content (AvgIpc) is 3.02. The molecule has 0 aromatic heterocycles. The number of hydrogen-bond acceptors (Lipinski definition) is 10. The molecule has 0 unspecified atom stereocenters. The van der Waals surface area contributed by atoms with E-state index >= 15 is 0 Å². The van der Waals surface area contributed by atoms with Gasteiger partial charge in [-0.2, -0.15) is 0 Å². The predicted octanol–water partition coefficient (Wildman–Crippen LogP) is 7.19. The van der Waals surface area contributed by atoms with Gasteiger partial charge in [0, 0.05) is 27.7 Å². The first kappa shape index (κ1) is 42.9. The zero-order chi connectivity index (χ0) is 36.4. The van der Waals surface area contributed by atoms with Crippen molar-refractivity contribution in [3.63, 3.8) is 0 Å². The van der Waals surface area contributed by atoms with Gasteiger partial charge in [0.05, 0.1) is 104 Å². The zero-order valence-corrected chi connectivity index (χ0v) is 31.8. The normalized spacial score (nSPS) is 12.4. The quantitative estimate of drug-likeness (QED) is 0.0983. The molecule has 0 aliphatic carbocycles. The maximum atomic E-state index is 11.3. The second-order valence-electron chi connectivity index (χ2n) is 13.8. The largest absolute Gasteiger partial charge is 0.507 e. The van der Waals surface area contributed by atoms with Crippen LogP contribution in [-0.2, 0) is 69.7 Å². The molecular formula is C39H64O10. The second-order valence-corrected chi connectivity index (χ2v) is 13.8. The lowest BCUT2D eigenvalue weighted by Gasteiger charge is -2.29. The summed E-state index contributed by atoms with van der Waals surface area (Å²) in [4.78, 5) is 0. The van der Waals surface area contributed by atoms with Crippen LogP contribution in [0, 0.1) is 0 Å². The molecule has 280 valence electrons. The summed E-state index contributed by atoms with van der Waals surface area (Å²) in [7, 11) is 0. The summed E-state index contributed by atoms with van der Waals surface area (Å²) in [6.45, 7) is 24.4. The van der Waals surface area contributed by atoms with Crippen molar-refractivity contribution in [1.82, 2.24) is 0 Å². The van der Waals surface area contributed by atoms with E-state index in [2.05, 4.69) is 13.8 Å². The summed E-state index contributed by atoms with van der Waals surface area (Å²) >= 11 is 0. The Balaban J connectivity index is 2.43. The molecule has 0 radical (unpaired) electrons. The minimum absolute atomic E-state index is 0.113. The van der Waals surface area contributed by atoms with E-state index in [1.54, 1.807) is 0 Å². The molecule has 0 fully saturated rings. The van der Waals surface area contributed by atoms with E-state index in [4.69, 9.17) is 37.9 Å². The van der Waals surface area contributed by atoms with E-state index in [9.17, 15) is 10.2 Å². The summed E-state index contributed by atoms with van der Waals surface area (Å²) < 4.78 is 46.2. The monoisotopic (exact) mass is 692 g/mol. The second kappa shape index (κ2) is 22.5. The van der Waals surface area contributed by atoms with Crippen molar-refractivity contribution < 1.29 is 48.1 Å². The van der Waals surface area contributed by atoms with Crippen LogP contribution in [0.15, 0.2) is 24.3 Å². The Morgan fingerprint density at radius 2 is 0.653 bits per heavy atom. The molecule has 0 spiro atoms. The van der Waals surface area contributed by atoms with Gasteiger partial charge < -0.3 is 48.1 Å². The standard InChI is InChI=1S/C39H64O10/c1-27(2)46-15-11-42-23-31-19-35(20-32(37(31)40)24-43-12-16-47-28(3)4)39(9,10)36-21-33(25-44-13-17-48-29(5)6)38(41)34(22-36)26-45-14-18-49-30(7)8/h19-22,27-30,40-41H,11-18,23-26H2,1-10H3. The lowest BCUT2D eigenvalue weighted by molar-refractivity contribution is 0.0122. The number of hydrogen-bond donors (Lipinski definition) is 2. The summed E-state index contributed by atoms with van der Waals surface area (Å²) in [6, 6.07) is 7.93. The van der Waals surface area contributed by atoms with Gasteiger partial charge in [-0.1, -0.05) is 13.8 Å². The van der Waals surface area contributed by atoms with Gasteiger partial charge in [0.2, 0.25) is 0 Å². The molecule has 0 amide bonds. The first-order valence-corrected chi connectivity index (χ1v) is 17.7. The van der Waals surface area contributed by atoms with Crippen molar-refractivity contribution in [2.24, 2.45) is 0 Å². The smallest absolute Gasteiger partial charge is 0.126 e. The van der Waals surface area contributed by atoms with Crippen molar-refractivity contribution in [2.45, 2.75) is 125 Å². The van der Waals surface area contributed by atoms with Gasteiger partial charge in [-0.25, -0.2) is 0 Å². The van der Waals surface area contributed by atoms with Crippen LogP contribution >= 0.6 is 0 Å². The molecule has 2 aromatic rings. The molecule has 49 heavy (non-hydrogen) atoms. The van der Waals surface area contributed by atoms with Crippen LogP contribution in [0.3, 0.4) is 0 Å². The van der Waals surface area contributed by atoms with E-state index in [0.29, 0.717) is 75.1 Å². The maximum absolute atomic E-state index is 11.3. The molecule has 0 atom stereocenters. The summed E-state index contributed by atoms with van der Waals surface area (Å²) in [6.07, 6.45) is 0.453. The minimum Gasteiger partial charge on any atom is -0.507 e. The van der Waals surface area contributed by atoms with Crippen LogP contribution in [0.4, 0.5) is 0 Å². The van der Waals surface area contributed by atoms with Crippen LogP contribution in [0.2, 0.25) is 0 Å². The lowest BCUT2D eigenvalue weighted by Crippen LogP contribution is -2.21. The third-order valence-electron chi connectivity index (χ3n) is 7.72. The highest BCUT2D eigenvalue weighted by molar-refractivity contribution is 5.52. The first-order valence-electron chi connectivity index (χ1n) is 17.7. The fourth-order valence-electron chi connectivity index (χ4n) is 4.95. The molecular weight excluding hydrogens is 628 g/mol. The highest BCUT2D eigenvalue weighted by Gasteiger charge is 2.28. The van der Waals surface area contributed by atoms with E-state index in [1.807, 2.05) is 79.7 Å². The Bertz CT molecular complexity index is 1040.